The van der Waals surface area contributed by atoms with Gasteiger partial charge in [0, 0.05) is 0 Å². The van der Waals surface area contributed by atoms with E-state index in [2.05, 4.69) is 0 Å². The molecule has 0 fully saturated rings. The molecule has 0 aliphatic heterocycles. The molecule has 0 aliphatic carbocycles. The second-order valence-electron chi connectivity index (χ2n) is 3.88. The van der Waals surface area contributed by atoms with Gasteiger partial charge in [0.1, 0.15) is 17.4 Å². The molecule has 4 heteroatoms. The zero-order chi connectivity index (χ0) is 13.1. The normalized spacial score (nSPS) is 12.2. The summed E-state index contributed by atoms with van der Waals surface area (Å²) in [5, 5.41) is 0. The van der Waals surface area contributed by atoms with Crippen molar-refractivity contribution in [1.29, 1.82) is 0 Å². The van der Waals surface area contributed by atoms with Crippen LogP contribution in [-0.2, 0) is 0 Å². The van der Waals surface area contributed by atoms with Gasteiger partial charge in [0.25, 0.3) is 0 Å². The standard InChI is InChI=1S/C14H13F2NO/c1-18-12-4-2-3-11(16)13(12)14(17)9-5-7-10(15)8-6-9/h2-8,14H,17H2,1H3. The highest BCUT2D eigenvalue weighted by Gasteiger charge is 2.18. The van der Waals surface area contributed by atoms with Crippen LogP contribution in [0.15, 0.2) is 42.5 Å². The third-order valence-electron chi connectivity index (χ3n) is 2.77. The highest BCUT2D eigenvalue weighted by Crippen LogP contribution is 2.30. The molecule has 1 atom stereocenters. The van der Waals surface area contributed by atoms with E-state index >= 15 is 0 Å². The fourth-order valence-corrected chi connectivity index (χ4v) is 1.83. The molecular formula is C14H13F2NO. The molecule has 0 bridgehead atoms. The predicted octanol–water partition coefficient (Wildman–Crippen LogP) is 3.02. The summed E-state index contributed by atoms with van der Waals surface area (Å²) in [4.78, 5) is 0. The Hall–Kier alpha value is -1.94. The van der Waals surface area contributed by atoms with Gasteiger partial charge in [0.05, 0.1) is 18.7 Å². The summed E-state index contributed by atoms with van der Waals surface area (Å²) in [5.74, 6) is -0.413. The summed E-state index contributed by atoms with van der Waals surface area (Å²) in [6.45, 7) is 0. The van der Waals surface area contributed by atoms with Gasteiger partial charge >= 0.3 is 0 Å². The second kappa shape index (κ2) is 5.14. The Morgan fingerprint density at radius 2 is 1.72 bits per heavy atom. The zero-order valence-electron chi connectivity index (χ0n) is 9.86. The van der Waals surface area contributed by atoms with E-state index in [1.165, 1.54) is 37.4 Å². The predicted molar refractivity (Wildman–Crippen MR) is 65.4 cm³/mol. The van der Waals surface area contributed by atoms with E-state index in [0.29, 0.717) is 11.3 Å². The van der Waals surface area contributed by atoms with Crippen molar-refractivity contribution in [2.75, 3.05) is 7.11 Å². The Balaban J connectivity index is 2.45. The minimum absolute atomic E-state index is 0.270. The van der Waals surface area contributed by atoms with Crippen molar-refractivity contribution in [3.63, 3.8) is 0 Å². The first-order valence-electron chi connectivity index (χ1n) is 5.47. The molecule has 0 radical (unpaired) electrons. The van der Waals surface area contributed by atoms with E-state index < -0.39 is 11.9 Å². The van der Waals surface area contributed by atoms with Gasteiger partial charge in [-0.05, 0) is 29.8 Å². The van der Waals surface area contributed by atoms with Gasteiger partial charge in [-0.2, -0.15) is 0 Å². The monoisotopic (exact) mass is 249 g/mol. The maximum absolute atomic E-state index is 13.8. The van der Waals surface area contributed by atoms with Gasteiger partial charge in [0.2, 0.25) is 0 Å². The van der Waals surface area contributed by atoms with E-state index in [4.69, 9.17) is 10.5 Å². The molecule has 2 aromatic rings. The average Bonchev–Trinajstić information content (AvgIpc) is 2.38. The molecule has 0 aromatic heterocycles. The highest BCUT2D eigenvalue weighted by molar-refractivity contribution is 5.42. The van der Waals surface area contributed by atoms with Crippen LogP contribution in [0.5, 0.6) is 5.75 Å². The van der Waals surface area contributed by atoms with Crippen LogP contribution in [0.3, 0.4) is 0 Å². The number of halogens is 2. The highest BCUT2D eigenvalue weighted by atomic mass is 19.1. The third-order valence-corrected chi connectivity index (χ3v) is 2.77. The molecule has 0 saturated carbocycles. The fraction of sp³-hybridized carbons (Fsp3) is 0.143. The quantitative estimate of drug-likeness (QED) is 0.907. The number of hydrogen-bond donors (Lipinski definition) is 1. The van der Waals surface area contributed by atoms with Crippen LogP contribution in [-0.4, -0.2) is 7.11 Å². The molecular weight excluding hydrogens is 236 g/mol. The molecule has 2 nitrogen and oxygen atoms in total. The minimum Gasteiger partial charge on any atom is -0.496 e. The summed E-state index contributed by atoms with van der Waals surface area (Å²) in [6.07, 6.45) is 0. The number of methoxy groups -OCH3 is 1. The van der Waals surface area contributed by atoms with Crippen molar-refractivity contribution in [1.82, 2.24) is 0 Å². The van der Waals surface area contributed by atoms with E-state index in [1.54, 1.807) is 12.1 Å². The Morgan fingerprint density at radius 3 is 2.33 bits per heavy atom. The molecule has 2 rings (SSSR count). The number of ether oxygens (including phenoxy) is 1. The Morgan fingerprint density at radius 1 is 1.06 bits per heavy atom. The van der Waals surface area contributed by atoms with Crippen molar-refractivity contribution in [3.8, 4) is 5.75 Å². The summed E-state index contributed by atoms with van der Waals surface area (Å²) in [6, 6.07) is 9.47. The van der Waals surface area contributed by atoms with Crippen LogP contribution in [0.4, 0.5) is 8.78 Å². The number of rotatable bonds is 3. The lowest BCUT2D eigenvalue weighted by molar-refractivity contribution is 0.402. The number of benzene rings is 2. The van der Waals surface area contributed by atoms with E-state index in [1.807, 2.05) is 0 Å². The minimum atomic E-state index is -0.693. The van der Waals surface area contributed by atoms with Gasteiger partial charge in [-0.25, -0.2) is 8.78 Å². The lowest BCUT2D eigenvalue weighted by Crippen LogP contribution is -2.15. The van der Waals surface area contributed by atoms with Crippen LogP contribution in [0.25, 0.3) is 0 Å². The maximum atomic E-state index is 13.8. The zero-order valence-corrected chi connectivity index (χ0v) is 9.86. The largest absolute Gasteiger partial charge is 0.496 e. The van der Waals surface area contributed by atoms with Crippen molar-refractivity contribution < 1.29 is 13.5 Å². The maximum Gasteiger partial charge on any atom is 0.132 e. The van der Waals surface area contributed by atoms with Crippen molar-refractivity contribution >= 4 is 0 Å². The molecule has 0 saturated heterocycles. The molecule has 1 unspecified atom stereocenters. The lowest BCUT2D eigenvalue weighted by atomic mass is 9.98. The summed E-state index contributed by atoms with van der Waals surface area (Å²) in [5.41, 5.74) is 6.90. The van der Waals surface area contributed by atoms with Crippen molar-refractivity contribution in [3.05, 3.63) is 65.2 Å². The van der Waals surface area contributed by atoms with Gasteiger partial charge in [-0.15, -0.1) is 0 Å². The molecule has 0 aliphatic rings. The molecule has 0 heterocycles. The number of nitrogens with two attached hydrogens (primary N) is 1. The van der Waals surface area contributed by atoms with Crippen LogP contribution in [0.2, 0.25) is 0 Å². The third kappa shape index (κ3) is 2.33. The molecule has 0 amide bonds. The Kier molecular flexibility index (Phi) is 3.58. The van der Waals surface area contributed by atoms with Crippen LogP contribution in [0, 0.1) is 11.6 Å². The van der Waals surface area contributed by atoms with Crippen LogP contribution in [0.1, 0.15) is 17.2 Å². The molecule has 94 valence electrons. The fourth-order valence-electron chi connectivity index (χ4n) is 1.83. The molecule has 18 heavy (non-hydrogen) atoms. The van der Waals surface area contributed by atoms with Gasteiger partial charge in [-0.3, -0.25) is 0 Å². The molecule has 2 N–H and O–H groups in total. The van der Waals surface area contributed by atoms with Crippen molar-refractivity contribution in [2.24, 2.45) is 5.73 Å². The molecule has 2 aromatic carbocycles. The van der Waals surface area contributed by atoms with Crippen LogP contribution >= 0.6 is 0 Å². The number of hydrogen-bond acceptors (Lipinski definition) is 2. The summed E-state index contributed by atoms with van der Waals surface area (Å²) >= 11 is 0. The topological polar surface area (TPSA) is 35.2 Å². The SMILES string of the molecule is COc1cccc(F)c1C(N)c1ccc(F)cc1. The van der Waals surface area contributed by atoms with Crippen LogP contribution < -0.4 is 10.5 Å². The van der Waals surface area contributed by atoms with Crippen molar-refractivity contribution in [2.45, 2.75) is 6.04 Å². The van der Waals surface area contributed by atoms with Gasteiger partial charge in [-0.1, -0.05) is 18.2 Å². The van der Waals surface area contributed by atoms with E-state index in [-0.39, 0.29) is 11.4 Å². The molecule has 0 spiro atoms. The van der Waals surface area contributed by atoms with Gasteiger partial charge < -0.3 is 10.5 Å². The lowest BCUT2D eigenvalue weighted by Gasteiger charge is -2.16. The van der Waals surface area contributed by atoms with E-state index in [9.17, 15) is 8.78 Å². The summed E-state index contributed by atoms with van der Waals surface area (Å²) < 4.78 is 31.8. The van der Waals surface area contributed by atoms with E-state index in [0.717, 1.165) is 0 Å². The first-order chi connectivity index (χ1) is 8.63. The van der Waals surface area contributed by atoms with Gasteiger partial charge in [0.15, 0.2) is 0 Å². The average molecular weight is 249 g/mol. The Labute approximate surface area is 104 Å². The smallest absolute Gasteiger partial charge is 0.132 e. The first-order valence-corrected chi connectivity index (χ1v) is 5.47. The summed E-state index contributed by atoms with van der Waals surface area (Å²) in [7, 11) is 1.45. The first kappa shape index (κ1) is 12.5. The Bertz CT molecular complexity index is 540. The second-order valence-corrected chi connectivity index (χ2v) is 3.88.